The molecule has 6 nitrogen and oxygen atoms in total. The summed E-state index contributed by atoms with van der Waals surface area (Å²) in [4.78, 5) is 26.5. The van der Waals surface area contributed by atoms with Gasteiger partial charge in [0.1, 0.15) is 11.4 Å². The van der Waals surface area contributed by atoms with E-state index in [1.54, 1.807) is 24.3 Å². The number of benzene rings is 1. The molecule has 104 valence electrons. The van der Waals surface area contributed by atoms with Crippen LogP contribution in [0, 0.1) is 11.3 Å². The average Bonchev–Trinajstić information content (AvgIpc) is 2.53. The predicted octanol–water partition coefficient (Wildman–Crippen LogP) is 1.58. The number of aromatic nitrogens is 1. The van der Waals surface area contributed by atoms with Gasteiger partial charge in [-0.15, -0.1) is 0 Å². The van der Waals surface area contributed by atoms with Gasteiger partial charge in [0, 0.05) is 6.54 Å². The standard InChI is InChI=1S/C15H11N3O3/c16-8-10-3-1-4-11(7-10)9-17-14(19)12-5-2-6-13(18-12)15(20)21/h1-7H,9H2,(H,17,19)(H,20,21). The van der Waals surface area contributed by atoms with E-state index in [0.29, 0.717) is 5.56 Å². The second-order valence-corrected chi connectivity index (χ2v) is 4.21. The zero-order valence-electron chi connectivity index (χ0n) is 10.9. The molecule has 1 aromatic heterocycles. The molecule has 1 heterocycles. The number of aromatic carboxylic acids is 1. The molecule has 0 aliphatic heterocycles. The Hall–Kier alpha value is -3.20. The highest BCUT2D eigenvalue weighted by molar-refractivity contribution is 5.94. The molecule has 0 aliphatic rings. The van der Waals surface area contributed by atoms with Gasteiger partial charge in [0.15, 0.2) is 0 Å². The van der Waals surface area contributed by atoms with Gasteiger partial charge in [-0.25, -0.2) is 9.78 Å². The predicted molar refractivity (Wildman–Crippen MR) is 73.5 cm³/mol. The van der Waals surface area contributed by atoms with Crippen molar-refractivity contribution in [3.63, 3.8) is 0 Å². The number of carbonyl (C=O) groups is 2. The fourth-order valence-corrected chi connectivity index (χ4v) is 1.70. The van der Waals surface area contributed by atoms with Gasteiger partial charge in [-0.1, -0.05) is 18.2 Å². The molecule has 0 saturated carbocycles. The SMILES string of the molecule is N#Cc1cccc(CNC(=O)c2cccc(C(=O)O)n2)c1. The summed E-state index contributed by atoms with van der Waals surface area (Å²) in [5.74, 6) is -1.66. The molecule has 1 aromatic carbocycles. The summed E-state index contributed by atoms with van der Waals surface area (Å²) in [5, 5.41) is 20.3. The van der Waals surface area contributed by atoms with E-state index in [4.69, 9.17) is 10.4 Å². The molecular formula is C15H11N3O3. The van der Waals surface area contributed by atoms with Crippen molar-refractivity contribution in [2.24, 2.45) is 0 Å². The molecule has 2 aromatic rings. The van der Waals surface area contributed by atoms with Crippen molar-refractivity contribution in [3.8, 4) is 6.07 Å². The van der Waals surface area contributed by atoms with Crippen LogP contribution in [0.1, 0.15) is 32.1 Å². The zero-order valence-corrected chi connectivity index (χ0v) is 10.9. The van der Waals surface area contributed by atoms with E-state index in [1.807, 2.05) is 6.07 Å². The van der Waals surface area contributed by atoms with Crippen molar-refractivity contribution in [2.75, 3.05) is 0 Å². The van der Waals surface area contributed by atoms with Crippen LogP contribution in [-0.4, -0.2) is 22.0 Å². The van der Waals surface area contributed by atoms with Crippen molar-refractivity contribution in [1.29, 1.82) is 5.26 Å². The molecule has 0 unspecified atom stereocenters. The minimum absolute atomic E-state index is 0.0336. The number of hydrogen-bond donors (Lipinski definition) is 2. The molecule has 6 heteroatoms. The summed E-state index contributed by atoms with van der Waals surface area (Å²) < 4.78 is 0. The van der Waals surface area contributed by atoms with Gasteiger partial charge in [0.05, 0.1) is 11.6 Å². The number of pyridine rings is 1. The maximum absolute atomic E-state index is 11.9. The Morgan fingerprint density at radius 3 is 2.62 bits per heavy atom. The summed E-state index contributed by atoms with van der Waals surface area (Å²) in [6.45, 7) is 0.229. The Morgan fingerprint density at radius 2 is 1.90 bits per heavy atom. The van der Waals surface area contributed by atoms with E-state index < -0.39 is 11.9 Å². The molecule has 0 saturated heterocycles. The minimum atomic E-state index is -1.19. The Kier molecular flexibility index (Phi) is 4.26. The zero-order chi connectivity index (χ0) is 15.2. The number of nitrogens with one attached hydrogen (secondary N) is 1. The van der Waals surface area contributed by atoms with Gasteiger partial charge < -0.3 is 10.4 Å². The lowest BCUT2D eigenvalue weighted by Gasteiger charge is -2.05. The molecule has 2 rings (SSSR count). The molecule has 0 bridgehead atoms. The van der Waals surface area contributed by atoms with Crippen molar-refractivity contribution in [2.45, 2.75) is 6.54 Å². The van der Waals surface area contributed by atoms with Gasteiger partial charge in [-0.2, -0.15) is 5.26 Å². The van der Waals surface area contributed by atoms with E-state index in [0.717, 1.165) is 5.56 Å². The van der Waals surface area contributed by atoms with E-state index in [-0.39, 0.29) is 17.9 Å². The number of hydrogen-bond acceptors (Lipinski definition) is 4. The van der Waals surface area contributed by atoms with Gasteiger partial charge in [-0.05, 0) is 29.8 Å². The smallest absolute Gasteiger partial charge is 0.354 e. The van der Waals surface area contributed by atoms with Crippen LogP contribution in [0.15, 0.2) is 42.5 Å². The molecule has 0 aliphatic carbocycles. The molecule has 0 radical (unpaired) electrons. The van der Waals surface area contributed by atoms with Gasteiger partial charge in [0.2, 0.25) is 0 Å². The number of nitrogens with zero attached hydrogens (tertiary/aromatic N) is 2. The average molecular weight is 281 g/mol. The fourth-order valence-electron chi connectivity index (χ4n) is 1.70. The highest BCUT2D eigenvalue weighted by atomic mass is 16.4. The quantitative estimate of drug-likeness (QED) is 0.885. The lowest BCUT2D eigenvalue weighted by Crippen LogP contribution is -2.24. The fraction of sp³-hybridized carbons (Fsp3) is 0.0667. The van der Waals surface area contributed by atoms with Crippen LogP contribution in [-0.2, 0) is 6.54 Å². The summed E-state index contributed by atoms with van der Waals surface area (Å²) in [7, 11) is 0. The van der Waals surface area contributed by atoms with Gasteiger partial charge in [-0.3, -0.25) is 4.79 Å². The molecule has 0 atom stereocenters. The Morgan fingerprint density at radius 1 is 1.19 bits per heavy atom. The number of amides is 1. The Labute approximate surface area is 120 Å². The monoisotopic (exact) mass is 281 g/mol. The lowest BCUT2D eigenvalue weighted by atomic mass is 10.1. The number of rotatable bonds is 4. The molecule has 0 spiro atoms. The first kappa shape index (κ1) is 14.2. The topological polar surface area (TPSA) is 103 Å². The van der Waals surface area contributed by atoms with E-state index in [2.05, 4.69) is 10.3 Å². The largest absolute Gasteiger partial charge is 0.477 e. The summed E-state index contributed by atoms with van der Waals surface area (Å²) >= 11 is 0. The second-order valence-electron chi connectivity index (χ2n) is 4.21. The summed E-state index contributed by atoms with van der Waals surface area (Å²) in [5.41, 5.74) is 1.13. The van der Waals surface area contributed by atoms with Crippen molar-refractivity contribution in [3.05, 3.63) is 65.0 Å². The van der Waals surface area contributed by atoms with Crippen LogP contribution in [0.3, 0.4) is 0 Å². The third-order valence-corrected chi connectivity index (χ3v) is 2.71. The third kappa shape index (κ3) is 3.64. The highest BCUT2D eigenvalue weighted by Gasteiger charge is 2.11. The number of carboxylic acid groups (broad SMARTS) is 1. The molecular weight excluding hydrogens is 270 g/mol. The number of carboxylic acids is 1. The Balaban J connectivity index is 2.06. The number of carbonyl (C=O) groups excluding carboxylic acids is 1. The first-order valence-corrected chi connectivity index (χ1v) is 6.08. The summed E-state index contributed by atoms with van der Waals surface area (Å²) in [6, 6.07) is 13.1. The van der Waals surface area contributed by atoms with Crippen molar-refractivity contribution < 1.29 is 14.7 Å². The Bertz CT molecular complexity index is 735. The van der Waals surface area contributed by atoms with E-state index in [1.165, 1.54) is 18.2 Å². The van der Waals surface area contributed by atoms with Crippen LogP contribution in [0.5, 0.6) is 0 Å². The second kappa shape index (κ2) is 6.30. The van der Waals surface area contributed by atoms with Crippen LogP contribution >= 0.6 is 0 Å². The van der Waals surface area contributed by atoms with E-state index in [9.17, 15) is 9.59 Å². The molecule has 1 amide bonds. The van der Waals surface area contributed by atoms with Crippen molar-refractivity contribution >= 4 is 11.9 Å². The first-order valence-electron chi connectivity index (χ1n) is 6.08. The van der Waals surface area contributed by atoms with Crippen molar-refractivity contribution in [1.82, 2.24) is 10.3 Å². The van der Waals surface area contributed by atoms with Gasteiger partial charge >= 0.3 is 5.97 Å². The first-order chi connectivity index (χ1) is 10.1. The minimum Gasteiger partial charge on any atom is -0.477 e. The number of nitriles is 1. The maximum Gasteiger partial charge on any atom is 0.354 e. The normalized spacial score (nSPS) is 9.67. The maximum atomic E-state index is 11.9. The molecule has 0 fully saturated rings. The van der Waals surface area contributed by atoms with Crippen LogP contribution in [0.2, 0.25) is 0 Å². The molecule has 21 heavy (non-hydrogen) atoms. The van der Waals surface area contributed by atoms with Crippen LogP contribution in [0.4, 0.5) is 0 Å². The summed E-state index contributed by atoms with van der Waals surface area (Å²) in [6.07, 6.45) is 0. The lowest BCUT2D eigenvalue weighted by molar-refractivity contribution is 0.0690. The highest BCUT2D eigenvalue weighted by Crippen LogP contribution is 2.05. The van der Waals surface area contributed by atoms with E-state index >= 15 is 0 Å². The molecule has 2 N–H and O–H groups in total. The van der Waals surface area contributed by atoms with Crippen LogP contribution in [0.25, 0.3) is 0 Å². The third-order valence-electron chi connectivity index (χ3n) is 2.71. The van der Waals surface area contributed by atoms with Crippen LogP contribution < -0.4 is 5.32 Å². The van der Waals surface area contributed by atoms with Gasteiger partial charge in [0.25, 0.3) is 5.91 Å².